The Morgan fingerprint density at radius 2 is 2.12 bits per heavy atom. The summed E-state index contributed by atoms with van der Waals surface area (Å²) in [6.07, 6.45) is 0.706. The van der Waals surface area contributed by atoms with E-state index < -0.39 is 11.0 Å². The maximum Gasteiger partial charge on any atom is 0.290 e. The Kier molecular flexibility index (Phi) is 4.57. The molecule has 17 heavy (non-hydrogen) atoms. The van der Waals surface area contributed by atoms with E-state index in [1.165, 1.54) is 6.07 Å². The van der Waals surface area contributed by atoms with Crippen LogP contribution in [-0.4, -0.2) is 21.1 Å². The van der Waals surface area contributed by atoms with Crippen molar-refractivity contribution in [3.8, 4) is 0 Å². The molecule has 0 aliphatic rings. The van der Waals surface area contributed by atoms with Crippen molar-refractivity contribution < 1.29 is 10.0 Å². The van der Waals surface area contributed by atoms with Crippen LogP contribution < -0.4 is 0 Å². The van der Waals surface area contributed by atoms with Gasteiger partial charge in [0, 0.05) is 18.2 Å². The van der Waals surface area contributed by atoms with Crippen LogP contribution in [0.5, 0.6) is 0 Å². The van der Waals surface area contributed by atoms with Crippen LogP contribution in [0.3, 0.4) is 0 Å². The molecule has 94 valence electrons. The van der Waals surface area contributed by atoms with Crippen molar-refractivity contribution in [2.75, 3.05) is 0 Å². The number of hydrogen-bond donors (Lipinski definition) is 1. The molecule has 1 aromatic rings. The standard InChI is InChI=1S/C12H18N2O3/c1-8(2)6-11(15)7-10-4-5-12(14(16)17)9(3)13-10/h4-5,8,11,15H,6-7H2,1-3H3. The fraction of sp³-hybridized carbons (Fsp3) is 0.583. The summed E-state index contributed by atoms with van der Waals surface area (Å²) >= 11 is 0. The average molecular weight is 238 g/mol. The number of nitro groups is 1. The number of nitrogens with zero attached hydrogens (tertiary/aromatic N) is 2. The Morgan fingerprint density at radius 3 is 2.59 bits per heavy atom. The predicted octanol–water partition coefficient (Wildman–Crippen LogP) is 2.25. The molecule has 1 heterocycles. The molecule has 1 atom stereocenters. The Bertz CT molecular complexity index is 405. The summed E-state index contributed by atoms with van der Waals surface area (Å²) in [4.78, 5) is 14.3. The summed E-state index contributed by atoms with van der Waals surface area (Å²) in [5, 5.41) is 20.4. The Balaban J connectivity index is 2.74. The van der Waals surface area contributed by atoms with Crippen LogP contribution in [-0.2, 0) is 6.42 Å². The summed E-state index contributed by atoms with van der Waals surface area (Å²) in [7, 11) is 0. The quantitative estimate of drug-likeness (QED) is 0.630. The molecule has 1 unspecified atom stereocenters. The third-order valence-corrected chi connectivity index (χ3v) is 2.50. The van der Waals surface area contributed by atoms with Crippen molar-refractivity contribution in [1.82, 2.24) is 4.98 Å². The summed E-state index contributed by atoms with van der Waals surface area (Å²) < 4.78 is 0. The number of aromatic nitrogens is 1. The van der Waals surface area contributed by atoms with Crippen molar-refractivity contribution in [1.29, 1.82) is 0 Å². The molecular formula is C12H18N2O3. The number of aryl methyl sites for hydroxylation is 1. The number of hydrogen-bond acceptors (Lipinski definition) is 4. The fourth-order valence-electron chi connectivity index (χ4n) is 1.78. The van der Waals surface area contributed by atoms with Gasteiger partial charge in [-0.25, -0.2) is 0 Å². The molecule has 0 aliphatic carbocycles. The predicted molar refractivity (Wildman–Crippen MR) is 64.8 cm³/mol. The van der Waals surface area contributed by atoms with E-state index in [0.29, 0.717) is 30.1 Å². The van der Waals surface area contributed by atoms with Crippen molar-refractivity contribution >= 4 is 5.69 Å². The summed E-state index contributed by atoms with van der Waals surface area (Å²) in [5.41, 5.74) is 1.11. The van der Waals surface area contributed by atoms with Crippen LogP contribution in [0.25, 0.3) is 0 Å². The second-order valence-corrected chi connectivity index (χ2v) is 4.65. The molecule has 0 saturated heterocycles. The van der Waals surface area contributed by atoms with Gasteiger partial charge in [0.05, 0.1) is 11.0 Å². The van der Waals surface area contributed by atoms with Gasteiger partial charge in [-0.3, -0.25) is 15.1 Å². The lowest BCUT2D eigenvalue weighted by Gasteiger charge is -2.12. The first-order valence-electron chi connectivity index (χ1n) is 5.69. The molecule has 0 aliphatic heterocycles. The average Bonchev–Trinajstić information content (AvgIpc) is 2.15. The van der Waals surface area contributed by atoms with Gasteiger partial charge in [-0.1, -0.05) is 13.8 Å². The molecular weight excluding hydrogens is 220 g/mol. The molecule has 0 radical (unpaired) electrons. The highest BCUT2D eigenvalue weighted by atomic mass is 16.6. The summed E-state index contributed by atoms with van der Waals surface area (Å²) in [6.45, 7) is 5.69. The maximum absolute atomic E-state index is 10.6. The number of rotatable bonds is 5. The molecule has 0 amide bonds. The first-order valence-corrected chi connectivity index (χ1v) is 5.69. The van der Waals surface area contributed by atoms with Crippen molar-refractivity contribution in [2.45, 2.75) is 39.7 Å². The number of aliphatic hydroxyl groups is 1. The van der Waals surface area contributed by atoms with Gasteiger partial charge in [-0.2, -0.15) is 0 Å². The molecule has 1 aromatic heterocycles. The van der Waals surface area contributed by atoms with E-state index in [-0.39, 0.29) is 5.69 Å². The Labute approximate surface area is 101 Å². The Hall–Kier alpha value is -1.49. The van der Waals surface area contributed by atoms with Crippen LogP contribution in [0.4, 0.5) is 5.69 Å². The monoisotopic (exact) mass is 238 g/mol. The first kappa shape index (κ1) is 13.6. The van der Waals surface area contributed by atoms with Crippen LogP contribution in [0, 0.1) is 23.0 Å². The third kappa shape index (κ3) is 4.11. The lowest BCUT2D eigenvalue weighted by molar-refractivity contribution is -0.385. The molecule has 5 nitrogen and oxygen atoms in total. The zero-order valence-corrected chi connectivity index (χ0v) is 10.4. The molecule has 0 aromatic carbocycles. The zero-order chi connectivity index (χ0) is 13.0. The van der Waals surface area contributed by atoms with Gasteiger partial charge in [0.15, 0.2) is 0 Å². The van der Waals surface area contributed by atoms with Crippen molar-refractivity contribution in [3.05, 3.63) is 33.6 Å². The van der Waals surface area contributed by atoms with Gasteiger partial charge >= 0.3 is 0 Å². The van der Waals surface area contributed by atoms with Gasteiger partial charge < -0.3 is 5.11 Å². The highest BCUT2D eigenvalue weighted by Gasteiger charge is 2.14. The smallest absolute Gasteiger partial charge is 0.290 e. The van der Waals surface area contributed by atoms with Gasteiger partial charge in [0.2, 0.25) is 0 Å². The molecule has 1 rings (SSSR count). The van der Waals surface area contributed by atoms with Gasteiger partial charge in [-0.15, -0.1) is 0 Å². The van der Waals surface area contributed by atoms with Crippen LogP contribution >= 0.6 is 0 Å². The van der Waals surface area contributed by atoms with E-state index in [9.17, 15) is 15.2 Å². The summed E-state index contributed by atoms with van der Waals surface area (Å²) in [6, 6.07) is 3.05. The zero-order valence-electron chi connectivity index (χ0n) is 10.4. The number of pyridine rings is 1. The number of aliphatic hydroxyl groups excluding tert-OH is 1. The Morgan fingerprint density at radius 1 is 1.47 bits per heavy atom. The molecule has 0 saturated carbocycles. The lowest BCUT2D eigenvalue weighted by Crippen LogP contribution is -2.14. The lowest BCUT2D eigenvalue weighted by atomic mass is 10.0. The van der Waals surface area contributed by atoms with E-state index in [1.807, 2.05) is 13.8 Å². The van der Waals surface area contributed by atoms with E-state index >= 15 is 0 Å². The minimum Gasteiger partial charge on any atom is -0.393 e. The fourth-order valence-corrected chi connectivity index (χ4v) is 1.78. The molecule has 1 N–H and O–H groups in total. The van der Waals surface area contributed by atoms with Crippen LogP contribution in [0.2, 0.25) is 0 Å². The topological polar surface area (TPSA) is 76.3 Å². The summed E-state index contributed by atoms with van der Waals surface area (Å²) in [5.74, 6) is 0.421. The third-order valence-electron chi connectivity index (χ3n) is 2.50. The highest BCUT2D eigenvalue weighted by Crippen LogP contribution is 2.17. The molecule has 0 bridgehead atoms. The first-order chi connectivity index (χ1) is 7.90. The molecule has 0 fully saturated rings. The van der Waals surface area contributed by atoms with Crippen molar-refractivity contribution in [3.63, 3.8) is 0 Å². The van der Waals surface area contributed by atoms with Gasteiger partial charge in [0.1, 0.15) is 5.69 Å². The highest BCUT2D eigenvalue weighted by molar-refractivity contribution is 5.35. The molecule has 5 heteroatoms. The largest absolute Gasteiger partial charge is 0.393 e. The van der Waals surface area contributed by atoms with Crippen LogP contribution in [0.1, 0.15) is 31.7 Å². The normalized spacial score (nSPS) is 12.8. The van der Waals surface area contributed by atoms with Gasteiger partial charge in [-0.05, 0) is 25.3 Å². The second-order valence-electron chi connectivity index (χ2n) is 4.65. The second kappa shape index (κ2) is 5.72. The van der Waals surface area contributed by atoms with Crippen molar-refractivity contribution in [2.24, 2.45) is 5.92 Å². The maximum atomic E-state index is 10.6. The minimum atomic E-state index is -0.448. The van der Waals surface area contributed by atoms with Crippen LogP contribution in [0.15, 0.2) is 12.1 Å². The molecule has 0 spiro atoms. The SMILES string of the molecule is Cc1nc(CC(O)CC(C)C)ccc1[N+](=O)[O-]. The van der Waals surface area contributed by atoms with E-state index in [4.69, 9.17) is 0 Å². The van der Waals surface area contributed by atoms with Gasteiger partial charge in [0.25, 0.3) is 5.69 Å². The minimum absolute atomic E-state index is 0.0205. The van der Waals surface area contributed by atoms with E-state index in [0.717, 1.165) is 0 Å². The van der Waals surface area contributed by atoms with E-state index in [1.54, 1.807) is 13.0 Å². The van der Waals surface area contributed by atoms with E-state index in [2.05, 4.69) is 4.98 Å².